The average molecular weight is 354 g/mol. The molecule has 0 amide bonds. The highest BCUT2D eigenvalue weighted by molar-refractivity contribution is 5.61. The monoisotopic (exact) mass is 353 g/mol. The number of carbonyl (C=O) groups excluding carboxylic acids is 1. The lowest BCUT2D eigenvalue weighted by atomic mass is 9.67. The summed E-state index contributed by atoms with van der Waals surface area (Å²) in [6.45, 7) is 6.87. The van der Waals surface area contributed by atoms with E-state index in [9.17, 15) is 4.79 Å². The molecule has 142 valence electrons. The Labute approximate surface area is 158 Å². The molecule has 2 N–H and O–H groups in total. The molecule has 2 heteroatoms. The largest absolute Gasteiger partial charge is 0.321 e. The van der Waals surface area contributed by atoms with Gasteiger partial charge in [-0.15, -0.1) is 0 Å². The first kappa shape index (κ1) is 17.2. The maximum absolute atomic E-state index is 11.9. The third-order valence-electron chi connectivity index (χ3n) is 9.39. The standard InChI is InChI=1S/C24H35NO/c1-14-10-19-15(2)6-9-21-23(20(19)11-14)24(21,22(25)13-26)18-8-7-16-4-3-5-17(16)12-18/h7-8,13-14,16-23H,2-6,9-12,25H2,1H3. The molecule has 0 spiro atoms. The van der Waals surface area contributed by atoms with E-state index in [0.717, 1.165) is 36.4 Å². The van der Waals surface area contributed by atoms with E-state index in [1.54, 1.807) is 0 Å². The molecule has 0 saturated heterocycles. The smallest absolute Gasteiger partial charge is 0.137 e. The third-order valence-corrected chi connectivity index (χ3v) is 9.39. The van der Waals surface area contributed by atoms with E-state index in [0.29, 0.717) is 23.7 Å². The van der Waals surface area contributed by atoms with E-state index in [-0.39, 0.29) is 11.5 Å². The van der Waals surface area contributed by atoms with E-state index < -0.39 is 0 Å². The predicted molar refractivity (Wildman–Crippen MR) is 105 cm³/mol. The van der Waals surface area contributed by atoms with Crippen molar-refractivity contribution in [2.75, 3.05) is 0 Å². The van der Waals surface area contributed by atoms with Gasteiger partial charge in [-0.2, -0.15) is 0 Å². The second kappa shape index (κ2) is 6.06. The summed E-state index contributed by atoms with van der Waals surface area (Å²) in [5.41, 5.74) is 8.17. The summed E-state index contributed by atoms with van der Waals surface area (Å²) in [6.07, 6.45) is 16.5. The van der Waals surface area contributed by atoms with Gasteiger partial charge in [-0.3, -0.25) is 0 Å². The number of fused-ring (bicyclic) bond motifs is 4. The molecule has 4 fully saturated rings. The number of aldehydes is 1. The lowest BCUT2D eigenvalue weighted by Crippen LogP contribution is -2.43. The minimum atomic E-state index is -0.284. The first-order valence-electron chi connectivity index (χ1n) is 11.1. The Morgan fingerprint density at radius 1 is 1.23 bits per heavy atom. The summed E-state index contributed by atoms with van der Waals surface area (Å²) >= 11 is 0. The molecule has 0 aromatic carbocycles. The Hall–Kier alpha value is -0.890. The van der Waals surface area contributed by atoms with Crippen LogP contribution >= 0.6 is 0 Å². The second-order valence-corrected chi connectivity index (χ2v) is 10.4. The molecule has 0 heterocycles. The summed E-state index contributed by atoms with van der Waals surface area (Å²) in [5.74, 6) is 5.69. The fourth-order valence-corrected chi connectivity index (χ4v) is 8.38. The minimum absolute atomic E-state index is 0.0550. The third kappa shape index (κ3) is 2.23. The Morgan fingerprint density at radius 2 is 2.08 bits per heavy atom. The molecular weight excluding hydrogens is 318 g/mol. The van der Waals surface area contributed by atoms with Crippen LogP contribution in [0.3, 0.4) is 0 Å². The summed E-state index contributed by atoms with van der Waals surface area (Å²) in [7, 11) is 0. The number of hydrogen-bond acceptors (Lipinski definition) is 2. The fraction of sp³-hybridized carbons (Fsp3) is 0.792. The van der Waals surface area contributed by atoms with Crippen molar-refractivity contribution < 1.29 is 4.79 Å². The van der Waals surface area contributed by atoms with Crippen LogP contribution in [0.15, 0.2) is 24.3 Å². The van der Waals surface area contributed by atoms with Crippen molar-refractivity contribution in [1.82, 2.24) is 0 Å². The molecule has 0 radical (unpaired) electrons. The van der Waals surface area contributed by atoms with Crippen molar-refractivity contribution in [2.45, 2.75) is 64.3 Å². The van der Waals surface area contributed by atoms with Crippen molar-refractivity contribution >= 4 is 6.29 Å². The molecule has 5 aliphatic rings. The van der Waals surface area contributed by atoms with Crippen LogP contribution in [0.1, 0.15) is 58.3 Å². The SMILES string of the molecule is C=C1CCC2C(C3CC(C)CC13)C2(C(N)C=O)C1C=CC2CCCC2C1. The van der Waals surface area contributed by atoms with Crippen LogP contribution in [0, 0.1) is 52.8 Å². The van der Waals surface area contributed by atoms with Gasteiger partial charge in [0.25, 0.3) is 0 Å². The molecule has 10 atom stereocenters. The Morgan fingerprint density at radius 3 is 2.88 bits per heavy atom. The van der Waals surface area contributed by atoms with E-state index in [4.69, 9.17) is 5.73 Å². The highest BCUT2D eigenvalue weighted by Crippen LogP contribution is 2.75. The highest BCUT2D eigenvalue weighted by Gasteiger charge is 2.73. The minimum Gasteiger partial charge on any atom is -0.321 e. The maximum atomic E-state index is 11.9. The summed E-state index contributed by atoms with van der Waals surface area (Å²) in [5, 5.41) is 0. The number of allylic oxidation sites excluding steroid dienone is 3. The lowest BCUT2D eigenvalue weighted by molar-refractivity contribution is -0.111. The first-order chi connectivity index (χ1) is 12.6. The van der Waals surface area contributed by atoms with E-state index in [1.807, 2.05) is 0 Å². The zero-order chi connectivity index (χ0) is 18.1. The molecule has 10 unspecified atom stereocenters. The number of rotatable bonds is 3. The highest BCUT2D eigenvalue weighted by atomic mass is 16.1. The second-order valence-electron chi connectivity index (χ2n) is 10.4. The van der Waals surface area contributed by atoms with Crippen molar-refractivity contribution in [1.29, 1.82) is 0 Å². The molecule has 4 saturated carbocycles. The summed E-state index contributed by atoms with van der Waals surface area (Å²) in [4.78, 5) is 11.9. The van der Waals surface area contributed by atoms with Crippen LogP contribution in [0.25, 0.3) is 0 Å². The van der Waals surface area contributed by atoms with Gasteiger partial charge in [0, 0.05) is 5.41 Å². The van der Waals surface area contributed by atoms with E-state index in [2.05, 4.69) is 25.7 Å². The Kier molecular flexibility index (Phi) is 4.01. The summed E-state index contributed by atoms with van der Waals surface area (Å²) in [6, 6.07) is -0.284. The molecule has 5 aliphatic carbocycles. The van der Waals surface area contributed by atoms with Crippen molar-refractivity contribution in [3.8, 4) is 0 Å². The van der Waals surface area contributed by atoms with Crippen molar-refractivity contribution in [2.24, 2.45) is 58.5 Å². The first-order valence-corrected chi connectivity index (χ1v) is 11.1. The van der Waals surface area contributed by atoms with Gasteiger partial charge in [0.2, 0.25) is 0 Å². The van der Waals surface area contributed by atoms with Gasteiger partial charge < -0.3 is 10.5 Å². The molecule has 0 aromatic heterocycles. The van der Waals surface area contributed by atoms with Crippen molar-refractivity contribution in [3.63, 3.8) is 0 Å². The molecule has 2 nitrogen and oxygen atoms in total. The zero-order valence-electron chi connectivity index (χ0n) is 16.3. The van der Waals surface area contributed by atoms with E-state index >= 15 is 0 Å². The quantitative estimate of drug-likeness (QED) is 0.588. The van der Waals surface area contributed by atoms with Crippen LogP contribution in [0.4, 0.5) is 0 Å². The molecule has 0 aliphatic heterocycles. The van der Waals surface area contributed by atoms with Gasteiger partial charge in [-0.05, 0) is 92.3 Å². The molecule has 0 aromatic rings. The molecule has 26 heavy (non-hydrogen) atoms. The molecule has 0 bridgehead atoms. The van der Waals surface area contributed by atoms with Crippen LogP contribution in [0.2, 0.25) is 0 Å². The Bertz CT molecular complexity index is 638. The van der Waals surface area contributed by atoms with Gasteiger partial charge in [-0.1, -0.05) is 37.6 Å². The number of hydrogen-bond donors (Lipinski definition) is 1. The van der Waals surface area contributed by atoms with Gasteiger partial charge in [0.15, 0.2) is 0 Å². The summed E-state index contributed by atoms with van der Waals surface area (Å²) < 4.78 is 0. The Balaban J connectivity index is 1.51. The topological polar surface area (TPSA) is 43.1 Å². The zero-order valence-corrected chi connectivity index (χ0v) is 16.3. The van der Waals surface area contributed by atoms with Gasteiger partial charge in [0.1, 0.15) is 6.29 Å². The average Bonchev–Trinajstić information content (AvgIpc) is 2.91. The predicted octanol–water partition coefficient (Wildman–Crippen LogP) is 4.75. The van der Waals surface area contributed by atoms with Crippen LogP contribution in [-0.2, 0) is 4.79 Å². The normalized spacial score (nSPS) is 53.4. The molecule has 5 rings (SSSR count). The van der Waals surface area contributed by atoms with Gasteiger partial charge in [-0.25, -0.2) is 0 Å². The van der Waals surface area contributed by atoms with Gasteiger partial charge >= 0.3 is 0 Å². The van der Waals surface area contributed by atoms with Crippen molar-refractivity contribution in [3.05, 3.63) is 24.3 Å². The van der Waals surface area contributed by atoms with E-state index in [1.165, 1.54) is 50.5 Å². The number of carbonyl (C=O) groups is 1. The van der Waals surface area contributed by atoms with Gasteiger partial charge in [0.05, 0.1) is 6.04 Å². The lowest BCUT2D eigenvalue weighted by Gasteiger charge is -2.38. The van der Waals surface area contributed by atoms with Crippen LogP contribution in [-0.4, -0.2) is 12.3 Å². The molecular formula is C24H35NO. The fourth-order valence-electron chi connectivity index (χ4n) is 8.38. The maximum Gasteiger partial charge on any atom is 0.137 e. The van der Waals surface area contributed by atoms with Crippen LogP contribution in [0.5, 0.6) is 0 Å². The van der Waals surface area contributed by atoms with Crippen LogP contribution < -0.4 is 5.73 Å². The number of nitrogens with two attached hydrogens (primary N) is 1.